The molecule has 24 heavy (non-hydrogen) atoms. The molecule has 3 rings (SSSR count). The van der Waals surface area contributed by atoms with Gasteiger partial charge in [0.2, 0.25) is 5.88 Å². The predicted octanol–water partition coefficient (Wildman–Crippen LogP) is 2.67. The molecule has 0 aliphatic carbocycles. The molecule has 0 aliphatic heterocycles. The molecule has 0 unspecified atom stereocenters. The molecular formula is C17H20N4O2S. The summed E-state index contributed by atoms with van der Waals surface area (Å²) in [6, 6.07) is 8.04. The molecule has 0 aromatic carbocycles. The third kappa shape index (κ3) is 3.35. The van der Waals surface area contributed by atoms with Crippen LogP contribution in [0, 0.1) is 0 Å². The first-order chi connectivity index (χ1) is 11.6. The first kappa shape index (κ1) is 16.3. The van der Waals surface area contributed by atoms with Crippen LogP contribution in [0.25, 0.3) is 0 Å². The molecule has 126 valence electrons. The Morgan fingerprint density at radius 1 is 1.29 bits per heavy atom. The van der Waals surface area contributed by atoms with Crippen molar-refractivity contribution in [2.24, 2.45) is 14.1 Å². The van der Waals surface area contributed by atoms with E-state index in [0.29, 0.717) is 24.5 Å². The number of thiophene rings is 1. The van der Waals surface area contributed by atoms with Gasteiger partial charge in [0.25, 0.3) is 5.91 Å². The molecule has 0 bridgehead atoms. The molecule has 0 aliphatic rings. The van der Waals surface area contributed by atoms with Gasteiger partial charge >= 0.3 is 0 Å². The summed E-state index contributed by atoms with van der Waals surface area (Å²) in [5.74, 6) is 0.264. The SMILES string of the molecule is COc1nn(C)cc1C(=O)N(Cc1cccs1)Cc1cccn1C. The molecule has 0 atom stereocenters. The Labute approximate surface area is 144 Å². The standard InChI is InChI=1S/C17H20N4O2S/c1-19-8-4-6-13(19)10-21(11-14-7-5-9-24-14)17(22)15-12-20(2)18-16(15)23-3/h4-9,12H,10-11H2,1-3H3. The van der Waals surface area contributed by atoms with Crippen LogP contribution in [-0.4, -0.2) is 32.3 Å². The number of aryl methyl sites for hydroxylation is 2. The summed E-state index contributed by atoms with van der Waals surface area (Å²) in [6.45, 7) is 1.08. The molecule has 0 N–H and O–H groups in total. The third-order valence-electron chi connectivity index (χ3n) is 3.84. The van der Waals surface area contributed by atoms with Crippen LogP contribution in [0.4, 0.5) is 0 Å². The van der Waals surface area contributed by atoms with Crippen molar-refractivity contribution >= 4 is 17.2 Å². The highest BCUT2D eigenvalue weighted by Crippen LogP contribution is 2.21. The van der Waals surface area contributed by atoms with E-state index in [1.807, 2.05) is 52.4 Å². The number of aromatic nitrogens is 3. The van der Waals surface area contributed by atoms with Crippen LogP contribution in [0.15, 0.2) is 42.0 Å². The topological polar surface area (TPSA) is 52.3 Å². The summed E-state index contributed by atoms with van der Waals surface area (Å²) in [4.78, 5) is 16.0. The van der Waals surface area contributed by atoms with Crippen LogP contribution >= 0.6 is 11.3 Å². The summed E-state index contributed by atoms with van der Waals surface area (Å²) in [5.41, 5.74) is 1.55. The van der Waals surface area contributed by atoms with Crippen LogP contribution < -0.4 is 4.74 Å². The number of hydrogen-bond donors (Lipinski definition) is 0. The molecule has 0 saturated carbocycles. The van der Waals surface area contributed by atoms with Crippen LogP contribution in [0.2, 0.25) is 0 Å². The third-order valence-corrected chi connectivity index (χ3v) is 4.70. The Bertz CT molecular complexity index is 820. The van der Waals surface area contributed by atoms with Gasteiger partial charge in [-0.2, -0.15) is 0 Å². The number of nitrogens with zero attached hydrogens (tertiary/aromatic N) is 4. The fourth-order valence-electron chi connectivity index (χ4n) is 2.58. The van der Waals surface area contributed by atoms with Crippen molar-refractivity contribution in [1.82, 2.24) is 19.2 Å². The van der Waals surface area contributed by atoms with E-state index in [4.69, 9.17) is 4.74 Å². The summed E-state index contributed by atoms with van der Waals surface area (Å²) in [5, 5.41) is 6.21. The number of amides is 1. The molecular weight excluding hydrogens is 324 g/mol. The summed E-state index contributed by atoms with van der Waals surface area (Å²) < 4.78 is 8.87. The molecule has 0 radical (unpaired) electrons. The molecule has 3 heterocycles. The molecule has 3 aromatic rings. The number of methoxy groups -OCH3 is 1. The second kappa shape index (κ2) is 6.92. The smallest absolute Gasteiger partial charge is 0.261 e. The van der Waals surface area contributed by atoms with Crippen LogP contribution in [0.5, 0.6) is 5.88 Å². The van der Waals surface area contributed by atoms with Crippen LogP contribution in [-0.2, 0) is 27.2 Å². The zero-order valence-corrected chi connectivity index (χ0v) is 14.8. The van der Waals surface area contributed by atoms with Gasteiger partial charge in [0.1, 0.15) is 5.56 Å². The number of carbonyl (C=O) groups excluding carboxylic acids is 1. The van der Waals surface area contributed by atoms with Gasteiger partial charge in [-0.15, -0.1) is 16.4 Å². The van der Waals surface area contributed by atoms with Gasteiger partial charge in [0, 0.05) is 37.1 Å². The van der Waals surface area contributed by atoms with E-state index in [0.717, 1.165) is 10.6 Å². The summed E-state index contributed by atoms with van der Waals surface area (Å²) >= 11 is 1.64. The Morgan fingerprint density at radius 3 is 2.75 bits per heavy atom. The average Bonchev–Trinajstić information content (AvgIpc) is 3.28. The number of ether oxygens (including phenoxy) is 1. The van der Waals surface area contributed by atoms with E-state index in [-0.39, 0.29) is 5.91 Å². The molecule has 7 heteroatoms. The Balaban J connectivity index is 1.90. The lowest BCUT2D eigenvalue weighted by atomic mass is 10.2. The number of rotatable bonds is 6. The minimum atomic E-state index is -0.0884. The monoisotopic (exact) mass is 344 g/mol. The van der Waals surface area contributed by atoms with Crippen molar-refractivity contribution in [2.75, 3.05) is 7.11 Å². The normalized spacial score (nSPS) is 10.8. The van der Waals surface area contributed by atoms with Gasteiger partial charge in [-0.3, -0.25) is 9.48 Å². The fraction of sp³-hybridized carbons (Fsp3) is 0.294. The Kier molecular flexibility index (Phi) is 4.71. The van der Waals surface area contributed by atoms with Crippen molar-refractivity contribution < 1.29 is 9.53 Å². The second-order valence-electron chi connectivity index (χ2n) is 5.58. The van der Waals surface area contributed by atoms with E-state index in [1.165, 1.54) is 7.11 Å². The first-order valence-electron chi connectivity index (χ1n) is 7.58. The summed E-state index contributed by atoms with van der Waals surface area (Å²) in [7, 11) is 5.29. The number of carbonyl (C=O) groups is 1. The lowest BCUT2D eigenvalue weighted by molar-refractivity contribution is 0.0725. The van der Waals surface area contributed by atoms with E-state index < -0.39 is 0 Å². The summed E-state index contributed by atoms with van der Waals surface area (Å²) in [6.07, 6.45) is 3.68. The van der Waals surface area contributed by atoms with E-state index >= 15 is 0 Å². The van der Waals surface area contributed by atoms with Crippen molar-refractivity contribution in [1.29, 1.82) is 0 Å². The zero-order valence-electron chi connectivity index (χ0n) is 14.0. The Hall–Kier alpha value is -2.54. The van der Waals surface area contributed by atoms with Gasteiger partial charge in [-0.25, -0.2) is 0 Å². The predicted molar refractivity (Wildman–Crippen MR) is 93.1 cm³/mol. The highest BCUT2D eigenvalue weighted by Gasteiger charge is 2.23. The maximum atomic E-state index is 13.1. The maximum absolute atomic E-state index is 13.1. The van der Waals surface area contributed by atoms with Gasteiger partial charge in [-0.05, 0) is 23.6 Å². The van der Waals surface area contributed by atoms with Crippen molar-refractivity contribution in [3.8, 4) is 5.88 Å². The molecule has 6 nitrogen and oxygen atoms in total. The zero-order chi connectivity index (χ0) is 17.1. The molecule has 3 aromatic heterocycles. The van der Waals surface area contributed by atoms with Gasteiger partial charge in [-0.1, -0.05) is 6.07 Å². The lowest BCUT2D eigenvalue weighted by Crippen LogP contribution is -2.30. The average molecular weight is 344 g/mol. The van der Waals surface area contributed by atoms with Gasteiger partial charge < -0.3 is 14.2 Å². The van der Waals surface area contributed by atoms with E-state index in [2.05, 4.69) is 5.10 Å². The van der Waals surface area contributed by atoms with Crippen molar-refractivity contribution in [3.63, 3.8) is 0 Å². The van der Waals surface area contributed by atoms with Crippen molar-refractivity contribution in [3.05, 3.63) is 58.2 Å². The lowest BCUT2D eigenvalue weighted by Gasteiger charge is -2.22. The maximum Gasteiger partial charge on any atom is 0.261 e. The molecule has 0 saturated heterocycles. The fourth-order valence-corrected chi connectivity index (χ4v) is 3.30. The highest BCUT2D eigenvalue weighted by molar-refractivity contribution is 7.09. The quantitative estimate of drug-likeness (QED) is 0.691. The highest BCUT2D eigenvalue weighted by atomic mass is 32.1. The largest absolute Gasteiger partial charge is 0.479 e. The molecule has 1 amide bonds. The Morgan fingerprint density at radius 2 is 2.12 bits per heavy atom. The van der Waals surface area contributed by atoms with Gasteiger partial charge in [0.05, 0.1) is 20.2 Å². The van der Waals surface area contributed by atoms with Gasteiger partial charge in [0.15, 0.2) is 0 Å². The van der Waals surface area contributed by atoms with E-state index in [9.17, 15) is 4.79 Å². The second-order valence-corrected chi connectivity index (χ2v) is 6.61. The number of hydrogen-bond acceptors (Lipinski definition) is 4. The van der Waals surface area contributed by atoms with Crippen molar-refractivity contribution in [2.45, 2.75) is 13.1 Å². The molecule has 0 spiro atoms. The van der Waals surface area contributed by atoms with E-state index in [1.54, 1.807) is 29.3 Å². The minimum absolute atomic E-state index is 0.0884. The first-order valence-corrected chi connectivity index (χ1v) is 8.46. The molecule has 0 fully saturated rings. The van der Waals surface area contributed by atoms with Crippen LogP contribution in [0.1, 0.15) is 20.9 Å². The minimum Gasteiger partial charge on any atom is -0.479 e. The van der Waals surface area contributed by atoms with Crippen LogP contribution in [0.3, 0.4) is 0 Å².